The molecular weight excluding hydrogens is 512 g/mol. The fourth-order valence-corrected chi connectivity index (χ4v) is 5.21. The van der Waals surface area contributed by atoms with Gasteiger partial charge in [0.2, 0.25) is 0 Å². The molecule has 0 fully saturated rings. The first-order chi connectivity index (χ1) is 20.0. The molecule has 0 aliphatic rings. The molecule has 0 unspecified atom stereocenters. The topological polar surface area (TPSA) is 54.4 Å². The van der Waals surface area contributed by atoms with Crippen LogP contribution in [0.1, 0.15) is 27.8 Å². The summed E-state index contributed by atoms with van der Waals surface area (Å²) in [6.07, 6.45) is 0. The Hall–Kier alpha value is -3.68. The van der Waals surface area contributed by atoms with Crippen LogP contribution in [0.4, 0.5) is 0 Å². The van der Waals surface area contributed by atoms with E-state index in [0.717, 1.165) is 47.8 Å². The lowest BCUT2D eigenvalue weighted by atomic mass is 9.80. The van der Waals surface area contributed by atoms with Crippen molar-refractivity contribution in [3.8, 4) is 11.5 Å². The largest absolute Gasteiger partial charge is 0.497 e. The molecule has 0 radical (unpaired) electrons. The first-order valence-electron chi connectivity index (χ1n) is 14.0. The van der Waals surface area contributed by atoms with Gasteiger partial charge in [0.05, 0.1) is 27.4 Å². The van der Waals surface area contributed by atoms with E-state index in [-0.39, 0.29) is 6.61 Å². The zero-order valence-electron chi connectivity index (χ0n) is 24.6. The number of aliphatic hydroxyl groups excluding tert-OH is 1. The van der Waals surface area contributed by atoms with Gasteiger partial charge in [-0.3, -0.25) is 9.80 Å². The fraction of sp³-hybridized carbons (Fsp3) is 0.314. The molecule has 4 aromatic rings. The maximum Gasteiger partial charge on any atom is 0.143 e. The molecule has 0 saturated carbocycles. The van der Waals surface area contributed by atoms with Crippen molar-refractivity contribution in [1.82, 2.24) is 9.80 Å². The molecule has 0 spiro atoms. The summed E-state index contributed by atoms with van der Waals surface area (Å²) in [5, 5.41) is 9.22. The summed E-state index contributed by atoms with van der Waals surface area (Å²) in [6.45, 7) is 3.70. The van der Waals surface area contributed by atoms with Crippen LogP contribution in [0.3, 0.4) is 0 Å². The van der Waals surface area contributed by atoms with Crippen molar-refractivity contribution in [3.63, 3.8) is 0 Å². The zero-order chi connectivity index (χ0) is 29.1. The summed E-state index contributed by atoms with van der Waals surface area (Å²) in [5.41, 5.74) is 4.77. The summed E-state index contributed by atoms with van der Waals surface area (Å²) in [4.78, 5) is 4.41. The molecule has 1 N–H and O–H groups in total. The molecule has 41 heavy (non-hydrogen) atoms. The van der Waals surface area contributed by atoms with Crippen LogP contribution >= 0.6 is 0 Å². The quantitative estimate of drug-likeness (QED) is 0.194. The molecule has 0 aliphatic heterocycles. The number of rotatable bonds is 15. The second-order valence-electron chi connectivity index (χ2n) is 10.4. The van der Waals surface area contributed by atoms with Gasteiger partial charge in [-0.1, -0.05) is 78.9 Å². The lowest BCUT2D eigenvalue weighted by Gasteiger charge is -2.36. The predicted molar refractivity (Wildman–Crippen MR) is 164 cm³/mol. The van der Waals surface area contributed by atoms with E-state index in [9.17, 15) is 5.11 Å². The number of hydrogen-bond acceptors (Lipinski definition) is 6. The van der Waals surface area contributed by atoms with E-state index < -0.39 is 5.60 Å². The van der Waals surface area contributed by atoms with Crippen LogP contribution in [0.25, 0.3) is 0 Å². The third-order valence-electron chi connectivity index (χ3n) is 7.34. The van der Waals surface area contributed by atoms with Crippen LogP contribution in [0.5, 0.6) is 11.5 Å². The SMILES string of the molecule is COc1ccc(C(OCCN(C)Cc2cccc(CN(C)CCO)c2)(c2ccccc2)c2ccc(OC)cc2)cc1. The Bertz CT molecular complexity index is 1280. The van der Waals surface area contributed by atoms with E-state index in [4.69, 9.17) is 14.2 Å². The number of hydrogen-bond donors (Lipinski definition) is 1. The van der Waals surface area contributed by atoms with Gasteiger partial charge in [0.1, 0.15) is 17.1 Å². The number of methoxy groups -OCH3 is 2. The summed E-state index contributed by atoms with van der Waals surface area (Å²) in [5.74, 6) is 1.60. The molecule has 4 rings (SSSR count). The minimum absolute atomic E-state index is 0.163. The molecule has 0 atom stereocenters. The van der Waals surface area contributed by atoms with Gasteiger partial charge in [-0.25, -0.2) is 0 Å². The molecule has 0 bridgehead atoms. The van der Waals surface area contributed by atoms with Crippen molar-refractivity contribution in [1.29, 1.82) is 0 Å². The summed E-state index contributed by atoms with van der Waals surface area (Å²) < 4.78 is 17.9. The molecular formula is C35H42N2O4. The molecule has 4 aromatic carbocycles. The van der Waals surface area contributed by atoms with Gasteiger partial charge in [-0.05, 0) is 66.2 Å². The van der Waals surface area contributed by atoms with Crippen molar-refractivity contribution >= 4 is 0 Å². The highest BCUT2D eigenvalue weighted by atomic mass is 16.5. The van der Waals surface area contributed by atoms with Crippen molar-refractivity contribution < 1.29 is 19.3 Å². The molecule has 0 heterocycles. The van der Waals surface area contributed by atoms with Crippen LogP contribution in [0, 0.1) is 0 Å². The van der Waals surface area contributed by atoms with Gasteiger partial charge in [-0.15, -0.1) is 0 Å². The monoisotopic (exact) mass is 554 g/mol. The fourth-order valence-electron chi connectivity index (χ4n) is 5.21. The Labute approximate surface area is 244 Å². The lowest BCUT2D eigenvalue weighted by Crippen LogP contribution is -2.35. The molecule has 216 valence electrons. The number of ether oxygens (including phenoxy) is 3. The molecule has 0 amide bonds. The lowest BCUT2D eigenvalue weighted by molar-refractivity contribution is 0.00292. The highest BCUT2D eigenvalue weighted by molar-refractivity contribution is 5.49. The van der Waals surface area contributed by atoms with Gasteiger partial charge < -0.3 is 19.3 Å². The van der Waals surface area contributed by atoms with Gasteiger partial charge in [0.15, 0.2) is 0 Å². The maximum atomic E-state index is 9.22. The molecule has 0 saturated heterocycles. The number of nitrogens with zero attached hydrogens (tertiary/aromatic N) is 2. The highest BCUT2D eigenvalue weighted by Crippen LogP contribution is 2.41. The van der Waals surface area contributed by atoms with E-state index in [0.29, 0.717) is 13.2 Å². The van der Waals surface area contributed by atoms with Gasteiger partial charge in [0, 0.05) is 26.2 Å². The van der Waals surface area contributed by atoms with Crippen molar-refractivity contribution in [2.75, 3.05) is 54.6 Å². The first-order valence-corrected chi connectivity index (χ1v) is 14.0. The van der Waals surface area contributed by atoms with Gasteiger partial charge in [0.25, 0.3) is 0 Å². The highest BCUT2D eigenvalue weighted by Gasteiger charge is 2.37. The van der Waals surface area contributed by atoms with Crippen molar-refractivity contribution in [2.45, 2.75) is 18.7 Å². The third-order valence-corrected chi connectivity index (χ3v) is 7.34. The second kappa shape index (κ2) is 14.8. The average Bonchev–Trinajstić information content (AvgIpc) is 3.00. The van der Waals surface area contributed by atoms with Crippen molar-refractivity contribution in [3.05, 3.63) is 131 Å². The van der Waals surface area contributed by atoms with E-state index >= 15 is 0 Å². The van der Waals surface area contributed by atoms with Crippen LogP contribution in [0.2, 0.25) is 0 Å². The minimum atomic E-state index is -0.822. The van der Waals surface area contributed by atoms with Crippen LogP contribution < -0.4 is 9.47 Å². The Kier molecular flexibility index (Phi) is 10.9. The summed E-state index contributed by atoms with van der Waals surface area (Å²) in [6, 6.07) is 35.3. The molecule has 0 aliphatic carbocycles. The minimum Gasteiger partial charge on any atom is -0.497 e. The molecule has 0 aromatic heterocycles. The number of likely N-dealkylation sites (N-methyl/N-ethyl adjacent to an activating group) is 2. The Morgan fingerprint density at radius 3 is 1.59 bits per heavy atom. The Morgan fingerprint density at radius 1 is 0.610 bits per heavy atom. The smallest absolute Gasteiger partial charge is 0.143 e. The van der Waals surface area contributed by atoms with Gasteiger partial charge in [-0.2, -0.15) is 0 Å². The normalized spacial score (nSPS) is 11.7. The van der Waals surface area contributed by atoms with Crippen LogP contribution in [-0.2, 0) is 23.4 Å². The zero-order valence-corrected chi connectivity index (χ0v) is 24.6. The summed E-state index contributed by atoms with van der Waals surface area (Å²) >= 11 is 0. The van der Waals surface area contributed by atoms with E-state index in [1.165, 1.54) is 11.1 Å². The van der Waals surface area contributed by atoms with E-state index in [2.05, 4.69) is 89.6 Å². The number of benzene rings is 4. The average molecular weight is 555 g/mol. The van der Waals surface area contributed by atoms with E-state index in [1.807, 2.05) is 37.4 Å². The second-order valence-corrected chi connectivity index (χ2v) is 10.4. The number of aliphatic hydroxyl groups is 1. The van der Waals surface area contributed by atoms with Crippen molar-refractivity contribution in [2.24, 2.45) is 0 Å². The third kappa shape index (κ3) is 7.75. The summed E-state index contributed by atoms with van der Waals surface area (Å²) in [7, 11) is 7.51. The maximum absolute atomic E-state index is 9.22. The Morgan fingerprint density at radius 2 is 1.10 bits per heavy atom. The first kappa shape index (κ1) is 30.3. The molecule has 6 heteroatoms. The Balaban J connectivity index is 1.58. The standard InChI is InChI=1S/C35H42N2O4/c1-36(21-23-38)26-28-9-8-10-29(25-28)27-37(2)22-24-41-35(30-11-6-5-7-12-30,31-13-17-33(39-3)18-14-31)32-15-19-34(40-4)20-16-32/h5-20,25,38H,21-24,26-27H2,1-4H3. The molecule has 6 nitrogen and oxygen atoms in total. The predicted octanol–water partition coefficient (Wildman–Crippen LogP) is 5.57. The van der Waals surface area contributed by atoms with Gasteiger partial charge >= 0.3 is 0 Å². The van der Waals surface area contributed by atoms with E-state index in [1.54, 1.807) is 14.2 Å². The van der Waals surface area contributed by atoms with Crippen LogP contribution in [0.15, 0.2) is 103 Å². The van der Waals surface area contributed by atoms with Crippen LogP contribution in [-0.4, -0.2) is 69.5 Å².